The van der Waals surface area contributed by atoms with E-state index in [0.717, 1.165) is 23.3 Å². The molecule has 0 saturated heterocycles. The van der Waals surface area contributed by atoms with Gasteiger partial charge in [-0.3, -0.25) is 14.4 Å². The molecular weight excluding hydrogens is 468 g/mol. The molecule has 0 fully saturated rings. The number of ether oxygens (including phenoxy) is 3. The van der Waals surface area contributed by atoms with Crippen molar-refractivity contribution in [2.45, 2.75) is 38.6 Å². The van der Waals surface area contributed by atoms with E-state index in [2.05, 4.69) is 11.4 Å². The Hall–Kier alpha value is -2.91. The Morgan fingerprint density at radius 3 is 2.57 bits per heavy atom. The van der Waals surface area contributed by atoms with Crippen LogP contribution in [0.15, 0.2) is 35.7 Å². The number of hydrogen-bond donors (Lipinski definition) is 0. The molecular formula is C26H34N2O6S. The van der Waals surface area contributed by atoms with Crippen LogP contribution in [0.4, 0.5) is 0 Å². The molecule has 1 atom stereocenters. The van der Waals surface area contributed by atoms with Crippen LogP contribution < -0.4 is 4.74 Å². The molecule has 2 aromatic rings. The van der Waals surface area contributed by atoms with Gasteiger partial charge in [0.1, 0.15) is 5.75 Å². The lowest BCUT2D eigenvalue weighted by Gasteiger charge is -2.37. The zero-order valence-corrected chi connectivity index (χ0v) is 21.5. The number of thiophene rings is 1. The molecule has 190 valence electrons. The molecule has 9 heteroatoms. The average molecular weight is 503 g/mol. The molecule has 2 amide bonds. The van der Waals surface area contributed by atoms with E-state index in [1.54, 1.807) is 32.5 Å². The van der Waals surface area contributed by atoms with Crippen LogP contribution in [0, 0.1) is 0 Å². The second kappa shape index (κ2) is 13.3. The maximum absolute atomic E-state index is 13.6. The standard InChI is InChI=1S/C26H34N2O6S/c1-4-34-25(31)11-10-23(29)27(14-5-16-32-2)18-24(30)28-15-12-22-21(13-17-35-22)26(28)19-6-8-20(33-3)9-7-19/h6-9,13,17,26H,4-5,10-12,14-16,18H2,1-3H3. The van der Waals surface area contributed by atoms with Crippen LogP contribution in [0.5, 0.6) is 5.75 Å². The maximum Gasteiger partial charge on any atom is 0.306 e. The number of carbonyl (C=O) groups excluding carboxylic acids is 3. The molecule has 8 nitrogen and oxygen atoms in total. The first-order valence-electron chi connectivity index (χ1n) is 11.9. The second-order valence-corrected chi connectivity index (χ2v) is 9.28. The molecule has 3 rings (SSSR count). The van der Waals surface area contributed by atoms with Crippen LogP contribution in [-0.4, -0.2) is 74.7 Å². The zero-order valence-electron chi connectivity index (χ0n) is 20.7. The molecule has 1 aromatic carbocycles. The Balaban J connectivity index is 1.78. The SMILES string of the molecule is CCOC(=O)CCC(=O)N(CCCOC)CC(=O)N1CCc2sccc2C1c1ccc(OC)cc1. The molecule has 2 heterocycles. The minimum Gasteiger partial charge on any atom is -0.497 e. The van der Waals surface area contributed by atoms with E-state index in [1.165, 1.54) is 9.78 Å². The van der Waals surface area contributed by atoms with Gasteiger partial charge in [-0.25, -0.2) is 0 Å². The first-order chi connectivity index (χ1) is 17.0. The van der Waals surface area contributed by atoms with Crippen molar-refractivity contribution in [2.75, 3.05) is 47.1 Å². The number of carbonyl (C=O) groups is 3. The lowest BCUT2D eigenvalue weighted by molar-refractivity contribution is -0.146. The predicted octanol–water partition coefficient (Wildman–Crippen LogP) is 3.44. The van der Waals surface area contributed by atoms with Crippen molar-refractivity contribution in [3.63, 3.8) is 0 Å². The van der Waals surface area contributed by atoms with Crippen LogP contribution in [-0.2, 0) is 30.3 Å². The van der Waals surface area contributed by atoms with E-state index in [1.807, 2.05) is 29.2 Å². The molecule has 35 heavy (non-hydrogen) atoms. The van der Waals surface area contributed by atoms with Gasteiger partial charge in [0.25, 0.3) is 0 Å². The number of benzene rings is 1. The first kappa shape index (κ1) is 26.7. The van der Waals surface area contributed by atoms with Gasteiger partial charge >= 0.3 is 5.97 Å². The van der Waals surface area contributed by atoms with Gasteiger partial charge in [0, 0.05) is 38.1 Å². The summed E-state index contributed by atoms with van der Waals surface area (Å²) >= 11 is 1.71. The highest BCUT2D eigenvalue weighted by Crippen LogP contribution is 2.38. The van der Waals surface area contributed by atoms with E-state index in [9.17, 15) is 14.4 Å². The summed E-state index contributed by atoms with van der Waals surface area (Å²) in [6.45, 7) is 3.39. The number of fused-ring (bicyclic) bond motifs is 1. The summed E-state index contributed by atoms with van der Waals surface area (Å²) < 4.78 is 15.4. The van der Waals surface area contributed by atoms with Crippen molar-refractivity contribution in [3.05, 3.63) is 51.7 Å². The van der Waals surface area contributed by atoms with Crippen molar-refractivity contribution in [3.8, 4) is 5.75 Å². The predicted molar refractivity (Wildman–Crippen MR) is 134 cm³/mol. The van der Waals surface area contributed by atoms with Gasteiger partial charge < -0.3 is 24.0 Å². The van der Waals surface area contributed by atoms with Crippen LogP contribution in [0.3, 0.4) is 0 Å². The molecule has 1 unspecified atom stereocenters. The Kier molecular flexibility index (Phi) is 10.1. The van der Waals surface area contributed by atoms with Crippen molar-refractivity contribution in [1.29, 1.82) is 0 Å². The summed E-state index contributed by atoms with van der Waals surface area (Å²) in [5.41, 5.74) is 2.12. The maximum atomic E-state index is 13.6. The minimum absolute atomic E-state index is 0.00189. The molecule has 0 spiro atoms. The number of amides is 2. The Labute approximate surface area is 210 Å². The summed E-state index contributed by atoms with van der Waals surface area (Å²) in [4.78, 5) is 43.0. The normalized spacial score (nSPS) is 14.8. The molecule has 1 aliphatic heterocycles. The number of nitrogens with zero attached hydrogens (tertiary/aromatic N) is 2. The number of esters is 1. The number of rotatable bonds is 12. The Bertz CT molecular complexity index is 990. The van der Waals surface area contributed by atoms with Crippen molar-refractivity contribution in [1.82, 2.24) is 9.80 Å². The summed E-state index contributed by atoms with van der Waals surface area (Å²) in [6, 6.07) is 9.62. The van der Waals surface area contributed by atoms with Gasteiger partial charge in [0.05, 0.1) is 32.7 Å². The quantitative estimate of drug-likeness (QED) is 0.327. The van der Waals surface area contributed by atoms with Crippen LogP contribution in [0.2, 0.25) is 0 Å². The summed E-state index contributed by atoms with van der Waals surface area (Å²) in [5, 5.41) is 2.06. The van der Waals surface area contributed by atoms with E-state index in [0.29, 0.717) is 26.1 Å². The van der Waals surface area contributed by atoms with Crippen LogP contribution in [0.25, 0.3) is 0 Å². The molecule has 0 N–H and O–H groups in total. The average Bonchev–Trinajstić information content (AvgIpc) is 3.35. The highest BCUT2D eigenvalue weighted by atomic mass is 32.1. The van der Waals surface area contributed by atoms with Gasteiger partial charge in [-0.2, -0.15) is 0 Å². The second-order valence-electron chi connectivity index (χ2n) is 8.28. The molecule has 0 saturated carbocycles. The monoisotopic (exact) mass is 502 g/mol. The Morgan fingerprint density at radius 2 is 1.89 bits per heavy atom. The van der Waals surface area contributed by atoms with E-state index in [4.69, 9.17) is 14.2 Å². The van der Waals surface area contributed by atoms with Crippen molar-refractivity contribution < 1.29 is 28.6 Å². The summed E-state index contributed by atoms with van der Waals surface area (Å²) in [6.07, 6.45) is 1.39. The largest absolute Gasteiger partial charge is 0.497 e. The lowest BCUT2D eigenvalue weighted by atomic mass is 9.93. The fraction of sp³-hybridized carbons (Fsp3) is 0.500. The van der Waals surface area contributed by atoms with Gasteiger partial charge in [0.15, 0.2) is 0 Å². The van der Waals surface area contributed by atoms with Gasteiger partial charge in [-0.05, 0) is 54.5 Å². The van der Waals surface area contributed by atoms with Crippen molar-refractivity contribution in [2.24, 2.45) is 0 Å². The highest BCUT2D eigenvalue weighted by molar-refractivity contribution is 7.10. The van der Waals surface area contributed by atoms with Crippen molar-refractivity contribution >= 4 is 29.1 Å². The lowest BCUT2D eigenvalue weighted by Crippen LogP contribution is -2.47. The zero-order chi connectivity index (χ0) is 25.2. The molecule has 1 aromatic heterocycles. The van der Waals surface area contributed by atoms with E-state index >= 15 is 0 Å². The molecule has 0 aliphatic carbocycles. The topological polar surface area (TPSA) is 85.4 Å². The minimum atomic E-state index is -0.412. The van der Waals surface area contributed by atoms with E-state index < -0.39 is 5.97 Å². The van der Waals surface area contributed by atoms with Crippen LogP contribution in [0.1, 0.15) is 48.2 Å². The molecule has 0 radical (unpaired) electrons. The summed E-state index contributed by atoms with van der Waals surface area (Å²) in [7, 11) is 3.23. The number of methoxy groups -OCH3 is 2. The summed E-state index contributed by atoms with van der Waals surface area (Å²) in [5.74, 6) is -0.0181. The first-order valence-corrected chi connectivity index (χ1v) is 12.8. The third kappa shape index (κ3) is 7.05. The number of hydrogen-bond acceptors (Lipinski definition) is 7. The highest BCUT2D eigenvalue weighted by Gasteiger charge is 2.34. The van der Waals surface area contributed by atoms with Gasteiger partial charge in [-0.1, -0.05) is 12.1 Å². The van der Waals surface area contributed by atoms with E-state index in [-0.39, 0.29) is 43.8 Å². The van der Waals surface area contributed by atoms with Crippen LogP contribution >= 0.6 is 11.3 Å². The third-order valence-corrected chi connectivity index (χ3v) is 7.02. The van der Waals surface area contributed by atoms with Gasteiger partial charge in [-0.15, -0.1) is 11.3 Å². The fourth-order valence-corrected chi connectivity index (χ4v) is 5.18. The molecule has 1 aliphatic rings. The molecule has 0 bridgehead atoms. The smallest absolute Gasteiger partial charge is 0.306 e. The Morgan fingerprint density at radius 1 is 1.11 bits per heavy atom. The fourth-order valence-electron chi connectivity index (χ4n) is 4.28. The van der Waals surface area contributed by atoms with Gasteiger partial charge in [0.2, 0.25) is 11.8 Å². The third-order valence-electron chi connectivity index (χ3n) is 6.02.